The van der Waals surface area contributed by atoms with Crippen LogP contribution in [-0.4, -0.2) is 31.9 Å². The number of nitrogens with one attached hydrogen (secondary N) is 1. The summed E-state index contributed by atoms with van der Waals surface area (Å²) >= 11 is 0. The number of likely N-dealkylation sites (N-methyl/N-ethyl adjacent to an activating group) is 1. The number of rotatable bonds is 7. The van der Waals surface area contributed by atoms with Gasteiger partial charge in [0.15, 0.2) is 0 Å². The highest BCUT2D eigenvalue weighted by Crippen LogP contribution is 2.34. The van der Waals surface area contributed by atoms with Gasteiger partial charge in [-0.2, -0.15) is 0 Å². The van der Waals surface area contributed by atoms with Gasteiger partial charge in [-0.25, -0.2) is 0 Å². The van der Waals surface area contributed by atoms with E-state index in [4.69, 9.17) is 9.47 Å². The molecule has 1 aromatic carbocycles. The largest absolute Gasteiger partial charge is 0.487 e. The SMILES string of the molecule is CCCOC1C(NC)CC1Oc1cc(C)ccc1C(C)C. The van der Waals surface area contributed by atoms with Crippen molar-refractivity contribution in [2.75, 3.05) is 13.7 Å². The van der Waals surface area contributed by atoms with E-state index in [0.29, 0.717) is 12.0 Å². The van der Waals surface area contributed by atoms with Crippen LogP contribution < -0.4 is 10.1 Å². The van der Waals surface area contributed by atoms with Crippen LogP contribution in [-0.2, 0) is 4.74 Å². The average Bonchev–Trinajstić information content (AvgIpc) is 2.43. The lowest BCUT2D eigenvalue weighted by atomic mass is 9.85. The van der Waals surface area contributed by atoms with Crippen LogP contribution in [0.4, 0.5) is 0 Å². The maximum Gasteiger partial charge on any atom is 0.128 e. The van der Waals surface area contributed by atoms with Gasteiger partial charge in [0.25, 0.3) is 0 Å². The molecule has 0 amide bonds. The second kappa shape index (κ2) is 7.28. The lowest BCUT2D eigenvalue weighted by Crippen LogP contribution is -2.60. The van der Waals surface area contributed by atoms with Gasteiger partial charge in [0.05, 0.1) is 0 Å². The number of hydrogen-bond donors (Lipinski definition) is 1. The van der Waals surface area contributed by atoms with Crippen LogP contribution in [0, 0.1) is 6.92 Å². The van der Waals surface area contributed by atoms with Crippen molar-refractivity contribution >= 4 is 0 Å². The van der Waals surface area contributed by atoms with Gasteiger partial charge >= 0.3 is 0 Å². The molecule has 0 aliphatic heterocycles. The summed E-state index contributed by atoms with van der Waals surface area (Å²) in [5, 5.41) is 3.32. The van der Waals surface area contributed by atoms with E-state index in [0.717, 1.165) is 25.2 Å². The molecule has 0 bridgehead atoms. The summed E-state index contributed by atoms with van der Waals surface area (Å²) < 4.78 is 12.3. The topological polar surface area (TPSA) is 30.5 Å². The van der Waals surface area contributed by atoms with Crippen LogP contribution in [0.2, 0.25) is 0 Å². The van der Waals surface area contributed by atoms with E-state index in [1.165, 1.54) is 11.1 Å². The molecule has 2 rings (SSSR count). The standard InChI is InChI=1S/C18H29NO2/c1-6-9-20-18-15(19-5)11-17(18)21-16-10-13(4)7-8-14(16)12(2)3/h7-8,10,12,15,17-19H,6,9,11H2,1-5H3. The Labute approximate surface area is 129 Å². The van der Waals surface area contributed by atoms with E-state index in [9.17, 15) is 0 Å². The number of ether oxygens (including phenoxy) is 2. The summed E-state index contributed by atoms with van der Waals surface area (Å²) in [5.74, 6) is 1.49. The predicted octanol–water partition coefficient (Wildman–Crippen LogP) is 3.65. The van der Waals surface area contributed by atoms with Crippen molar-refractivity contribution in [3.8, 4) is 5.75 Å². The molecular weight excluding hydrogens is 262 g/mol. The minimum atomic E-state index is 0.160. The van der Waals surface area contributed by atoms with Crippen molar-refractivity contribution in [1.82, 2.24) is 5.32 Å². The van der Waals surface area contributed by atoms with E-state index >= 15 is 0 Å². The summed E-state index contributed by atoms with van der Waals surface area (Å²) in [6.45, 7) is 9.46. The monoisotopic (exact) mass is 291 g/mol. The van der Waals surface area contributed by atoms with Gasteiger partial charge in [0, 0.05) is 19.1 Å². The highest BCUT2D eigenvalue weighted by atomic mass is 16.5. The molecule has 1 aliphatic rings. The Morgan fingerprint density at radius 2 is 2.10 bits per heavy atom. The summed E-state index contributed by atoms with van der Waals surface area (Å²) in [4.78, 5) is 0. The minimum absolute atomic E-state index is 0.160. The molecule has 3 atom stereocenters. The Kier molecular flexibility index (Phi) is 5.65. The van der Waals surface area contributed by atoms with Crippen molar-refractivity contribution in [3.63, 3.8) is 0 Å². The first-order chi connectivity index (χ1) is 10.1. The summed E-state index contributed by atoms with van der Waals surface area (Å²) in [6.07, 6.45) is 2.38. The molecule has 3 heteroatoms. The molecule has 21 heavy (non-hydrogen) atoms. The maximum absolute atomic E-state index is 6.30. The third-order valence-corrected chi connectivity index (χ3v) is 4.20. The molecule has 1 saturated carbocycles. The van der Waals surface area contributed by atoms with Crippen LogP contribution in [0.3, 0.4) is 0 Å². The Hall–Kier alpha value is -1.06. The molecule has 0 heterocycles. The van der Waals surface area contributed by atoms with Gasteiger partial charge in [-0.3, -0.25) is 0 Å². The van der Waals surface area contributed by atoms with Gasteiger partial charge in [-0.1, -0.05) is 32.9 Å². The van der Waals surface area contributed by atoms with Gasteiger partial charge in [0.1, 0.15) is 18.0 Å². The quantitative estimate of drug-likeness (QED) is 0.832. The molecule has 0 saturated heterocycles. The second-order valence-corrected chi connectivity index (χ2v) is 6.32. The van der Waals surface area contributed by atoms with Crippen molar-refractivity contribution in [2.24, 2.45) is 0 Å². The fourth-order valence-electron chi connectivity index (χ4n) is 2.84. The van der Waals surface area contributed by atoms with Crippen molar-refractivity contribution in [1.29, 1.82) is 0 Å². The van der Waals surface area contributed by atoms with Crippen LogP contribution in [0.25, 0.3) is 0 Å². The Balaban J connectivity index is 2.08. The molecule has 3 unspecified atom stereocenters. The fourth-order valence-corrected chi connectivity index (χ4v) is 2.84. The molecule has 1 fully saturated rings. The number of hydrogen-bond acceptors (Lipinski definition) is 3. The van der Waals surface area contributed by atoms with Crippen LogP contribution in [0.15, 0.2) is 18.2 Å². The Morgan fingerprint density at radius 3 is 2.71 bits per heavy atom. The third kappa shape index (κ3) is 3.78. The first-order valence-electron chi connectivity index (χ1n) is 8.12. The molecule has 1 aromatic rings. The lowest BCUT2D eigenvalue weighted by molar-refractivity contribution is -0.106. The number of benzene rings is 1. The molecule has 1 aliphatic carbocycles. The van der Waals surface area contributed by atoms with Crippen molar-refractivity contribution in [3.05, 3.63) is 29.3 Å². The van der Waals surface area contributed by atoms with E-state index in [2.05, 4.69) is 51.2 Å². The number of aryl methyl sites for hydroxylation is 1. The molecule has 0 radical (unpaired) electrons. The average molecular weight is 291 g/mol. The minimum Gasteiger partial charge on any atom is -0.487 e. The zero-order chi connectivity index (χ0) is 15.4. The van der Waals surface area contributed by atoms with Crippen LogP contribution in [0.1, 0.15) is 50.7 Å². The van der Waals surface area contributed by atoms with E-state index in [1.54, 1.807) is 0 Å². The summed E-state index contributed by atoms with van der Waals surface area (Å²) in [6, 6.07) is 6.91. The molecule has 118 valence electrons. The van der Waals surface area contributed by atoms with Crippen LogP contribution in [0.5, 0.6) is 5.75 Å². The van der Waals surface area contributed by atoms with Gasteiger partial charge in [-0.05, 0) is 43.5 Å². The maximum atomic E-state index is 6.30. The summed E-state index contributed by atoms with van der Waals surface area (Å²) in [5.41, 5.74) is 2.52. The zero-order valence-corrected chi connectivity index (χ0v) is 14.0. The smallest absolute Gasteiger partial charge is 0.128 e. The molecule has 3 nitrogen and oxygen atoms in total. The first-order valence-corrected chi connectivity index (χ1v) is 8.12. The normalized spacial score (nSPS) is 25.0. The van der Waals surface area contributed by atoms with Gasteiger partial charge in [0.2, 0.25) is 0 Å². The van der Waals surface area contributed by atoms with E-state index < -0.39 is 0 Å². The molecule has 0 aromatic heterocycles. The van der Waals surface area contributed by atoms with Crippen molar-refractivity contribution in [2.45, 2.75) is 64.7 Å². The molecular formula is C18H29NO2. The fraction of sp³-hybridized carbons (Fsp3) is 0.667. The Bertz CT molecular complexity index is 459. The molecule has 0 spiro atoms. The van der Waals surface area contributed by atoms with E-state index in [-0.39, 0.29) is 12.2 Å². The third-order valence-electron chi connectivity index (χ3n) is 4.20. The van der Waals surface area contributed by atoms with E-state index in [1.807, 2.05) is 7.05 Å². The lowest BCUT2D eigenvalue weighted by Gasteiger charge is -2.44. The Morgan fingerprint density at radius 1 is 1.33 bits per heavy atom. The predicted molar refractivity (Wildman–Crippen MR) is 87.2 cm³/mol. The second-order valence-electron chi connectivity index (χ2n) is 6.32. The van der Waals surface area contributed by atoms with Crippen LogP contribution >= 0.6 is 0 Å². The zero-order valence-electron chi connectivity index (χ0n) is 14.0. The van der Waals surface area contributed by atoms with Crippen molar-refractivity contribution < 1.29 is 9.47 Å². The van der Waals surface area contributed by atoms with Gasteiger partial charge in [-0.15, -0.1) is 0 Å². The van der Waals surface area contributed by atoms with Gasteiger partial charge < -0.3 is 14.8 Å². The molecule has 1 N–H and O–H groups in total. The highest BCUT2D eigenvalue weighted by Gasteiger charge is 2.43. The highest BCUT2D eigenvalue weighted by molar-refractivity contribution is 5.39. The summed E-state index contributed by atoms with van der Waals surface area (Å²) in [7, 11) is 2.00. The first kappa shape index (κ1) is 16.3.